The molecule has 0 saturated heterocycles. The molecule has 0 atom stereocenters. The molecule has 0 aromatic heterocycles. The molecule has 0 bridgehead atoms. The minimum Gasteiger partial charge on any atom is -0.0861 e. The van der Waals surface area contributed by atoms with Crippen LogP contribution in [0.15, 0.2) is 0 Å². The van der Waals surface area contributed by atoms with E-state index in [1.807, 2.05) is 0 Å². The molecule has 0 radical (unpaired) electrons. The van der Waals surface area contributed by atoms with Crippen molar-refractivity contribution in [2.45, 2.75) is 83.7 Å². The minimum absolute atomic E-state index is 0.918. The third-order valence-corrected chi connectivity index (χ3v) is 5.16. The van der Waals surface area contributed by atoms with Gasteiger partial charge in [0.2, 0.25) is 0 Å². The first-order valence-electron chi connectivity index (χ1n) is 7.75. The van der Waals surface area contributed by atoms with Crippen molar-refractivity contribution in [3.63, 3.8) is 0 Å². The summed E-state index contributed by atoms with van der Waals surface area (Å²) in [6.45, 7) is 5.82. The Morgan fingerprint density at radius 1 is 0.812 bits per heavy atom. The minimum atomic E-state index is 0.918. The van der Waals surface area contributed by atoms with Crippen molar-refractivity contribution in [2.75, 3.05) is 0 Å². The van der Waals surface area contributed by atoms with Gasteiger partial charge >= 0.3 is 0 Å². The summed E-state index contributed by atoms with van der Waals surface area (Å²) in [6.07, 6.45) is 15.3. The summed E-state index contributed by atoms with van der Waals surface area (Å²) < 4.78 is 0. The summed E-state index contributed by atoms with van der Waals surface area (Å²) in [5.41, 5.74) is 0. The smallest absolute Gasteiger partial charge is 0.0861 e. The van der Waals surface area contributed by atoms with Gasteiger partial charge in [-0.2, -0.15) is 0 Å². The zero-order valence-corrected chi connectivity index (χ0v) is 11.4. The molecule has 2 rings (SSSR count). The van der Waals surface area contributed by atoms with Crippen LogP contribution in [0, 0.1) is 11.8 Å². The first kappa shape index (κ1) is 12.5. The highest BCUT2D eigenvalue weighted by Gasteiger charge is 2.27. The van der Waals surface area contributed by atoms with Crippen molar-refractivity contribution in [1.82, 2.24) is 0 Å². The van der Waals surface area contributed by atoms with Crippen LogP contribution < -0.4 is 0 Å². The lowest BCUT2D eigenvalue weighted by Gasteiger charge is -2.25. The molecule has 0 N–H and O–H groups in total. The van der Waals surface area contributed by atoms with Gasteiger partial charge in [-0.3, -0.25) is 0 Å². The van der Waals surface area contributed by atoms with Crippen molar-refractivity contribution in [2.24, 2.45) is 11.8 Å². The summed E-state index contributed by atoms with van der Waals surface area (Å²) in [6, 6.07) is 0. The van der Waals surface area contributed by atoms with Crippen molar-refractivity contribution in [3.8, 4) is 0 Å². The maximum atomic E-state index is 2.45. The molecule has 92 valence electrons. The van der Waals surface area contributed by atoms with Crippen LogP contribution >= 0.6 is 0 Å². The average Bonchev–Trinajstić information content (AvgIpc) is 2.88. The Kier molecular flexibility index (Phi) is 4.79. The van der Waals surface area contributed by atoms with Crippen molar-refractivity contribution in [1.29, 1.82) is 0 Å². The molecule has 0 nitrogen and oxygen atoms in total. The predicted molar refractivity (Wildman–Crippen MR) is 74.4 cm³/mol. The Morgan fingerprint density at radius 3 is 1.50 bits per heavy atom. The fraction of sp³-hybridized carbons (Fsp3) is 1.00. The molecule has 2 aliphatic rings. The maximum absolute atomic E-state index is 2.45. The zero-order chi connectivity index (χ0) is 11.4. The van der Waals surface area contributed by atoms with Gasteiger partial charge in [0, 0.05) is 0 Å². The van der Waals surface area contributed by atoms with E-state index in [9.17, 15) is 0 Å². The van der Waals surface area contributed by atoms with Crippen molar-refractivity contribution >= 4 is 6.71 Å². The number of hydrogen-bond acceptors (Lipinski definition) is 0. The lowest BCUT2D eigenvalue weighted by molar-refractivity contribution is 0.412. The Hall–Kier alpha value is 0.0649. The lowest BCUT2D eigenvalue weighted by atomic mass is 9.42. The quantitative estimate of drug-likeness (QED) is 0.553. The van der Waals surface area contributed by atoms with Crippen LogP contribution in [0.5, 0.6) is 0 Å². The molecule has 0 amide bonds. The summed E-state index contributed by atoms with van der Waals surface area (Å²) in [5.74, 6) is 3.22. The van der Waals surface area contributed by atoms with Crippen molar-refractivity contribution < 1.29 is 0 Å². The third-order valence-electron chi connectivity index (χ3n) is 5.16. The van der Waals surface area contributed by atoms with E-state index in [-0.39, 0.29) is 0 Å². The summed E-state index contributed by atoms with van der Waals surface area (Å²) in [7, 11) is 0. The molecular weight excluding hydrogens is 191 g/mol. The van der Waals surface area contributed by atoms with Gasteiger partial charge in [0.05, 0.1) is 0 Å². The molecule has 0 aliphatic heterocycles. The number of rotatable bonds is 5. The topological polar surface area (TPSA) is 0 Å². The van der Waals surface area contributed by atoms with Crippen LogP contribution in [0.25, 0.3) is 0 Å². The molecule has 0 spiro atoms. The van der Waals surface area contributed by atoms with Gasteiger partial charge in [0.15, 0.2) is 0 Å². The third kappa shape index (κ3) is 3.53. The van der Waals surface area contributed by atoms with E-state index < -0.39 is 0 Å². The SMILES string of the molecule is CB(C)C(CC1CCCC1)CC1CCCC1. The standard InChI is InChI=1S/C15H29B/c1-16(2)15(11-13-7-3-4-8-13)12-14-9-5-6-10-14/h13-15H,3-12H2,1-2H3. The monoisotopic (exact) mass is 220 g/mol. The van der Waals surface area contributed by atoms with Gasteiger partial charge in [-0.15, -0.1) is 0 Å². The van der Waals surface area contributed by atoms with Crippen molar-refractivity contribution in [3.05, 3.63) is 0 Å². The molecule has 0 heterocycles. The van der Waals surface area contributed by atoms with Gasteiger partial charge < -0.3 is 0 Å². The highest BCUT2D eigenvalue weighted by molar-refractivity contribution is 6.57. The van der Waals surface area contributed by atoms with Crippen LogP contribution in [0.4, 0.5) is 0 Å². The Balaban J connectivity index is 1.78. The zero-order valence-electron chi connectivity index (χ0n) is 11.4. The van der Waals surface area contributed by atoms with Gasteiger partial charge in [0.1, 0.15) is 6.71 Å². The highest BCUT2D eigenvalue weighted by Crippen LogP contribution is 2.40. The Labute approximate surface area is 103 Å². The second-order valence-corrected chi connectivity index (χ2v) is 6.78. The maximum Gasteiger partial charge on any atom is 0.136 e. The highest BCUT2D eigenvalue weighted by atomic mass is 14.3. The van der Waals surface area contributed by atoms with E-state index in [0.29, 0.717) is 0 Å². The fourth-order valence-electron chi connectivity index (χ4n) is 3.99. The van der Waals surface area contributed by atoms with E-state index in [4.69, 9.17) is 0 Å². The second-order valence-electron chi connectivity index (χ2n) is 6.78. The first-order chi connectivity index (χ1) is 7.75. The molecule has 0 aromatic rings. The van der Waals surface area contributed by atoms with Gasteiger partial charge in [-0.25, -0.2) is 0 Å². The normalized spacial score (nSPS) is 23.4. The Bertz CT molecular complexity index is 170. The van der Waals surface area contributed by atoms with E-state index in [0.717, 1.165) is 24.4 Å². The predicted octanol–water partition coefficient (Wildman–Crippen LogP) is 5.27. The van der Waals surface area contributed by atoms with Crippen LogP contribution in [0.3, 0.4) is 0 Å². The van der Waals surface area contributed by atoms with Crippen LogP contribution in [0.2, 0.25) is 19.5 Å². The molecule has 0 unspecified atom stereocenters. The Morgan fingerprint density at radius 2 is 1.19 bits per heavy atom. The summed E-state index contributed by atoms with van der Waals surface area (Å²) in [5, 5.41) is 0. The second kappa shape index (κ2) is 6.12. The molecule has 16 heavy (non-hydrogen) atoms. The number of hydrogen-bond donors (Lipinski definition) is 0. The summed E-state index contributed by atoms with van der Waals surface area (Å²) >= 11 is 0. The molecular formula is C15H29B. The first-order valence-corrected chi connectivity index (χ1v) is 7.75. The van der Waals surface area contributed by atoms with Gasteiger partial charge in [-0.05, 0) is 11.8 Å². The van der Waals surface area contributed by atoms with Crippen LogP contribution in [0.1, 0.15) is 64.2 Å². The van der Waals surface area contributed by atoms with Crippen LogP contribution in [-0.2, 0) is 0 Å². The summed E-state index contributed by atoms with van der Waals surface area (Å²) in [4.78, 5) is 0. The van der Waals surface area contributed by atoms with Gasteiger partial charge in [0.25, 0.3) is 0 Å². The van der Waals surface area contributed by atoms with E-state index in [1.54, 1.807) is 12.8 Å². The lowest BCUT2D eigenvalue weighted by Crippen LogP contribution is -2.18. The fourth-order valence-corrected chi connectivity index (χ4v) is 3.99. The molecule has 2 saturated carbocycles. The van der Waals surface area contributed by atoms with Crippen LogP contribution in [-0.4, -0.2) is 6.71 Å². The van der Waals surface area contributed by atoms with E-state index in [2.05, 4.69) is 13.6 Å². The van der Waals surface area contributed by atoms with Gasteiger partial charge in [-0.1, -0.05) is 83.7 Å². The molecule has 1 heteroatoms. The van der Waals surface area contributed by atoms with E-state index >= 15 is 0 Å². The largest absolute Gasteiger partial charge is 0.136 e. The molecule has 2 aliphatic carbocycles. The molecule has 2 fully saturated rings. The average molecular weight is 220 g/mol. The van der Waals surface area contributed by atoms with E-state index in [1.165, 1.54) is 51.4 Å². The molecule has 0 aromatic carbocycles.